The van der Waals surface area contributed by atoms with Gasteiger partial charge in [-0.1, -0.05) is 49.0 Å². The van der Waals surface area contributed by atoms with E-state index in [0.717, 1.165) is 11.3 Å². The van der Waals surface area contributed by atoms with Crippen molar-refractivity contribution in [1.29, 1.82) is 0 Å². The minimum Gasteiger partial charge on any atom is -0.284 e. The van der Waals surface area contributed by atoms with Crippen LogP contribution in [0.25, 0.3) is 0 Å². The Kier molecular flexibility index (Phi) is 5.79. The average molecular weight is 272 g/mol. The highest BCUT2D eigenvalue weighted by molar-refractivity contribution is 8.23. The average Bonchev–Trinajstić information content (AvgIpc) is 2.33. The molecule has 0 heterocycles. The summed E-state index contributed by atoms with van der Waals surface area (Å²) in [4.78, 5) is 12.2. The van der Waals surface area contributed by atoms with Crippen LogP contribution in [0.1, 0.15) is 12.5 Å². The molecule has 0 aliphatic rings. The van der Waals surface area contributed by atoms with Crippen molar-refractivity contribution in [1.82, 2.24) is 0 Å². The van der Waals surface area contributed by atoms with Crippen molar-refractivity contribution < 1.29 is 4.79 Å². The lowest BCUT2D eigenvalue weighted by molar-refractivity contribution is -0.111. The summed E-state index contributed by atoms with van der Waals surface area (Å²) in [6.07, 6.45) is 4.00. The lowest BCUT2D eigenvalue weighted by Crippen LogP contribution is -2.26. The molecule has 16 heavy (non-hydrogen) atoms. The van der Waals surface area contributed by atoms with Gasteiger partial charge in [0.2, 0.25) is 5.12 Å². The number of benzene rings is 1. The number of carbonyl (C=O) groups excluding carboxylic acids is 1. The van der Waals surface area contributed by atoms with Crippen LogP contribution in [0.4, 0.5) is 0 Å². The van der Waals surface area contributed by atoms with Gasteiger partial charge in [-0.15, -0.1) is 23.5 Å². The SMILES string of the molecule is CCSC(=O)C(SC)(SC)c1ccccc1. The molecule has 0 radical (unpaired) electrons. The number of hydrogen-bond acceptors (Lipinski definition) is 4. The first kappa shape index (κ1) is 14.0. The summed E-state index contributed by atoms with van der Waals surface area (Å²) < 4.78 is -0.456. The molecule has 0 spiro atoms. The van der Waals surface area contributed by atoms with Gasteiger partial charge in [-0.3, -0.25) is 4.79 Å². The zero-order valence-electron chi connectivity index (χ0n) is 9.73. The molecule has 0 aromatic heterocycles. The van der Waals surface area contributed by atoms with Gasteiger partial charge in [0.05, 0.1) is 0 Å². The van der Waals surface area contributed by atoms with Crippen molar-refractivity contribution in [3.8, 4) is 0 Å². The van der Waals surface area contributed by atoms with Crippen LogP contribution in [-0.2, 0) is 8.87 Å². The van der Waals surface area contributed by atoms with Crippen LogP contribution in [0.3, 0.4) is 0 Å². The minimum atomic E-state index is -0.456. The maximum absolute atomic E-state index is 12.2. The lowest BCUT2D eigenvalue weighted by atomic mass is 10.1. The molecule has 1 aromatic carbocycles. The van der Waals surface area contributed by atoms with Crippen LogP contribution in [0, 0.1) is 0 Å². The number of rotatable bonds is 5. The Hall–Kier alpha value is -0.0600. The topological polar surface area (TPSA) is 17.1 Å². The number of hydrogen-bond donors (Lipinski definition) is 0. The fourth-order valence-electron chi connectivity index (χ4n) is 1.49. The van der Waals surface area contributed by atoms with Crippen molar-refractivity contribution in [2.75, 3.05) is 18.3 Å². The molecule has 0 aliphatic heterocycles. The van der Waals surface area contributed by atoms with Gasteiger partial charge in [0.1, 0.15) is 0 Å². The largest absolute Gasteiger partial charge is 0.284 e. The van der Waals surface area contributed by atoms with Crippen LogP contribution < -0.4 is 0 Å². The molecule has 1 rings (SSSR count). The maximum atomic E-state index is 12.2. The summed E-state index contributed by atoms with van der Waals surface area (Å²) in [5, 5.41) is 0.237. The standard InChI is InChI=1S/C12H16OS3/c1-4-16-11(13)12(14-2,15-3)10-8-6-5-7-9-10/h5-9H,4H2,1-3H3. The summed E-state index contributed by atoms with van der Waals surface area (Å²) in [5.74, 6) is 0.828. The Morgan fingerprint density at radius 3 is 2.19 bits per heavy atom. The van der Waals surface area contributed by atoms with Crippen LogP contribution in [0.5, 0.6) is 0 Å². The summed E-state index contributed by atoms with van der Waals surface area (Å²) >= 11 is 4.62. The van der Waals surface area contributed by atoms with Crippen molar-refractivity contribution in [3.63, 3.8) is 0 Å². The Morgan fingerprint density at radius 1 is 1.19 bits per heavy atom. The Morgan fingerprint density at radius 2 is 1.75 bits per heavy atom. The van der Waals surface area contributed by atoms with Crippen LogP contribution in [0.15, 0.2) is 30.3 Å². The van der Waals surface area contributed by atoms with Gasteiger partial charge in [-0.25, -0.2) is 0 Å². The first-order valence-corrected chi connectivity index (χ1v) is 8.47. The minimum absolute atomic E-state index is 0.237. The first-order valence-electron chi connectivity index (χ1n) is 5.04. The summed E-state index contributed by atoms with van der Waals surface area (Å²) in [5.41, 5.74) is 1.08. The second-order valence-electron chi connectivity index (χ2n) is 3.11. The molecule has 0 N–H and O–H groups in total. The van der Waals surface area contributed by atoms with E-state index >= 15 is 0 Å². The zero-order chi connectivity index (χ0) is 12.0. The van der Waals surface area contributed by atoms with Gasteiger partial charge < -0.3 is 0 Å². The van der Waals surface area contributed by atoms with E-state index in [1.807, 2.05) is 49.8 Å². The predicted molar refractivity (Wildman–Crippen MR) is 78.3 cm³/mol. The molecule has 0 bridgehead atoms. The zero-order valence-corrected chi connectivity index (χ0v) is 12.2. The van der Waals surface area contributed by atoms with E-state index in [4.69, 9.17) is 0 Å². The van der Waals surface area contributed by atoms with E-state index in [9.17, 15) is 4.79 Å². The molecule has 0 amide bonds. The van der Waals surface area contributed by atoms with Crippen LogP contribution in [-0.4, -0.2) is 23.4 Å². The summed E-state index contributed by atoms with van der Waals surface area (Å²) in [6, 6.07) is 10.0. The molecular formula is C12H16OS3. The highest BCUT2D eigenvalue weighted by Crippen LogP contribution is 2.47. The molecule has 0 atom stereocenters. The van der Waals surface area contributed by atoms with E-state index in [1.165, 1.54) is 11.8 Å². The Bertz CT molecular complexity index is 333. The van der Waals surface area contributed by atoms with Gasteiger partial charge in [0.15, 0.2) is 4.08 Å². The van der Waals surface area contributed by atoms with Gasteiger partial charge in [0.25, 0.3) is 0 Å². The number of thioether (sulfide) groups is 3. The molecule has 0 aliphatic carbocycles. The van der Waals surface area contributed by atoms with Crippen molar-refractivity contribution in [2.24, 2.45) is 0 Å². The molecule has 1 aromatic rings. The van der Waals surface area contributed by atoms with Crippen LogP contribution in [0.2, 0.25) is 0 Å². The van der Waals surface area contributed by atoms with Gasteiger partial charge in [-0.2, -0.15) is 0 Å². The highest BCUT2D eigenvalue weighted by atomic mass is 32.2. The normalized spacial score (nSPS) is 11.4. The van der Waals surface area contributed by atoms with E-state index < -0.39 is 4.08 Å². The lowest BCUT2D eigenvalue weighted by Gasteiger charge is -2.28. The number of carbonyl (C=O) groups is 1. The third kappa shape index (κ3) is 2.79. The molecule has 1 nitrogen and oxygen atoms in total. The van der Waals surface area contributed by atoms with E-state index in [0.29, 0.717) is 0 Å². The third-order valence-electron chi connectivity index (χ3n) is 2.27. The quantitative estimate of drug-likeness (QED) is 0.757. The molecule has 88 valence electrons. The second-order valence-corrected chi connectivity index (χ2v) is 6.65. The van der Waals surface area contributed by atoms with Crippen molar-refractivity contribution in [2.45, 2.75) is 11.0 Å². The molecule has 0 saturated heterocycles. The first-order chi connectivity index (χ1) is 7.71. The smallest absolute Gasteiger partial charge is 0.219 e. The van der Waals surface area contributed by atoms with Gasteiger partial charge in [-0.05, 0) is 23.8 Å². The molecule has 0 unspecified atom stereocenters. The van der Waals surface area contributed by atoms with Gasteiger partial charge in [0, 0.05) is 0 Å². The summed E-state index contributed by atoms with van der Waals surface area (Å²) in [7, 11) is 0. The van der Waals surface area contributed by atoms with E-state index in [2.05, 4.69) is 0 Å². The molecular weight excluding hydrogens is 256 g/mol. The predicted octanol–water partition coefficient (Wildman–Crippen LogP) is 3.85. The third-order valence-corrected chi connectivity index (χ3v) is 6.38. The monoisotopic (exact) mass is 272 g/mol. The summed E-state index contributed by atoms with van der Waals surface area (Å²) in [6.45, 7) is 2.01. The Labute approximate surface area is 110 Å². The van der Waals surface area contributed by atoms with Crippen molar-refractivity contribution >= 4 is 40.4 Å². The fourth-order valence-corrected chi connectivity index (χ4v) is 4.65. The molecule has 0 fully saturated rings. The van der Waals surface area contributed by atoms with Crippen molar-refractivity contribution in [3.05, 3.63) is 35.9 Å². The molecule has 4 heteroatoms. The maximum Gasteiger partial charge on any atom is 0.219 e. The second kappa shape index (κ2) is 6.62. The van der Waals surface area contributed by atoms with E-state index in [1.54, 1.807) is 23.5 Å². The Balaban J connectivity index is 3.10. The van der Waals surface area contributed by atoms with E-state index in [-0.39, 0.29) is 5.12 Å². The molecule has 0 saturated carbocycles. The van der Waals surface area contributed by atoms with Crippen LogP contribution >= 0.6 is 35.3 Å². The fraction of sp³-hybridized carbons (Fsp3) is 0.417. The highest BCUT2D eigenvalue weighted by Gasteiger charge is 2.38. The van der Waals surface area contributed by atoms with Gasteiger partial charge >= 0.3 is 0 Å².